The normalized spacial score (nSPS) is 34.4. The van der Waals surface area contributed by atoms with Crippen molar-refractivity contribution < 1.29 is 114 Å². The Bertz CT molecular complexity index is 2250. The number of methoxy groups -OCH3 is 1. The Labute approximate surface area is 374 Å². The van der Waals surface area contributed by atoms with Gasteiger partial charge in [-0.2, -0.15) is 0 Å². The highest BCUT2D eigenvalue weighted by atomic mass is 16.7. The molecule has 0 aromatic heterocycles. The van der Waals surface area contributed by atoms with Gasteiger partial charge in [0.1, 0.15) is 78.1 Å². The van der Waals surface area contributed by atoms with E-state index < -0.39 is 123 Å². The summed E-state index contributed by atoms with van der Waals surface area (Å²) in [5, 5.41) is 136. The van der Waals surface area contributed by atoms with Crippen LogP contribution >= 0.6 is 0 Å². The Morgan fingerprint density at radius 3 is 2.03 bits per heavy atom. The number of benzene rings is 3. The molecule has 66 heavy (non-hydrogen) atoms. The van der Waals surface area contributed by atoms with Gasteiger partial charge >= 0.3 is 5.97 Å². The first kappa shape index (κ1) is 48.4. The Kier molecular flexibility index (Phi) is 14.8. The standard InChI is InChI=1S/C43H50O23/c1-16-39(66-30(49)8-4-17-3-6-21(46)23(48)9-17)35(54)38(57)41(60-16)59-15-29-32(51)34(53)37(56)43(65-29)63-27-13-20-24(61-40(27)18-5-7-22(47)26(10-18)58-2)11-19(45)12-25(20)62-42-36(55)33(52)31(50)28(14-44)64-42/h3-13,16,28-29,31-48,50-57H,14-15H2,1-2H3/p+1/b8-4+/t16-,28+,29-,31+,32+,33+,34+,35-,36-,37+,38-,39+,40?,41-,42-,43-/m1/s1. The largest absolute Gasteiger partial charge is 0.571 e. The summed E-state index contributed by atoms with van der Waals surface area (Å²) in [5.74, 6) is -2.59. The first-order valence-electron chi connectivity index (χ1n) is 20.4. The van der Waals surface area contributed by atoms with Crippen molar-refractivity contribution in [3.05, 3.63) is 77.1 Å². The molecular weight excluding hydrogens is 884 g/mol. The van der Waals surface area contributed by atoms with Crippen LogP contribution in [0.1, 0.15) is 29.7 Å². The van der Waals surface area contributed by atoms with Gasteiger partial charge in [-0.25, -0.2) is 4.79 Å². The van der Waals surface area contributed by atoms with Gasteiger partial charge in [-0.1, -0.05) is 6.07 Å². The predicted octanol–water partition coefficient (Wildman–Crippen LogP) is -2.03. The molecule has 3 aromatic rings. The average Bonchev–Trinajstić information content (AvgIpc) is 3.29. The van der Waals surface area contributed by atoms with Gasteiger partial charge in [0.25, 0.3) is 11.9 Å². The van der Waals surface area contributed by atoms with E-state index in [0.29, 0.717) is 11.1 Å². The minimum Gasteiger partial charge on any atom is -0.571 e. The Morgan fingerprint density at radius 2 is 1.35 bits per heavy atom. The number of aliphatic hydroxyl groups excluding tert-OH is 9. The van der Waals surface area contributed by atoms with Crippen LogP contribution in [0, 0.1) is 0 Å². The lowest BCUT2D eigenvalue weighted by atomic mass is 9.98. The fraction of sp³-hybridized carbons (Fsp3) is 0.465. The third-order valence-corrected chi connectivity index (χ3v) is 11.3. The molecule has 0 aliphatic carbocycles. The lowest BCUT2D eigenvalue weighted by molar-refractivity contribution is -0.325. The van der Waals surface area contributed by atoms with Crippen LogP contribution in [0.25, 0.3) is 12.2 Å². The van der Waals surface area contributed by atoms with E-state index >= 15 is 0 Å². The molecular formula is C43H51O23+. The zero-order chi connectivity index (χ0) is 47.7. The highest BCUT2D eigenvalue weighted by Crippen LogP contribution is 2.47. The third kappa shape index (κ3) is 10.1. The van der Waals surface area contributed by atoms with Gasteiger partial charge < -0.3 is 109 Å². The number of aliphatic hydroxyl groups is 10. The van der Waals surface area contributed by atoms with Crippen molar-refractivity contribution >= 4 is 18.1 Å². The number of aromatic hydroxyl groups is 5. The summed E-state index contributed by atoms with van der Waals surface area (Å²) >= 11 is 0. The number of rotatable bonds is 13. The van der Waals surface area contributed by atoms with Gasteiger partial charge in [-0.3, -0.25) is 0 Å². The molecule has 0 bridgehead atoms. The first-order valence-corrected chi connectivity index (χ1v) is 20.4. The fourth-order valence-corrected chi connectivity index (χ4v) is 7.63. The van der Waals surface area contributed by atoms with E-state index in [-0.39, 0.29) is 45.8 Å². The summed E-state index contributed by atoms with van der Waals surface area (Å²) in [4.78, 5) is 12.6. The molecule has 7 rings (SSSR count). The van der Waals surface area contributed by atoms with Gasteiger partial charge in [0, 0.05) is 18.2 Å². The van der Waals surface area contributed by atoms with Crippen LogP contribution in [0.2, 0.25) is 0 Å². The Hall–Kier alpha value is -5.51. The first-order chi connectivity index (χ1) is 31.4. The van der Waals surface area contributed by atoms with Gasteiger partial charge in [-0.05, 0) is 48.9 Å². The number of fused-ring (bicyclic) bond motifs is 1. The van der Waals surface area contributed by atoms with Crippen molar-refractivity contribution in [1.29, 1.82) is 0 Å². The lowest BCUT2D eigenvalue weighted by Crippen LogP contribution is -2.61. The second kappa shape index (κ2) is 20.2. The maximum absolute atomic E-state index is 12.6. The van der Waals surface area contributed by atoms with Crippen molar-refractivity contribution in [2.45, 2.75) is 105 Å². The van der Waals surface area contributed by atoms with Crippen molar-refractivity contribution in [3.63, 3.8) is 0 Å². The molecule has 14 N–H and O–H groups in total. The number of carbonyl (C=O) groups excluding carboxylic acids is 1. The molecule has 0 saturated carbocycles. The molecule has 3 aromatic carbocycles. The van der Waals surface area contributed by atoms with Crippen molar-refractivity contribution in [3.8, 4) is 40.2 Å². The smallest absolute Gasteiger partial charge is 0.331 e. The molecule has 4 heterocycles. The fourth-order valence-electron chi connectivity index (χ4n) is 7.63. The summed E-state index contributed by atoms with van der Waals surface area (Å²) in [6.45, 7) is 0.0118. The molecule has 3 fully saturated rings. The number of esters is 1. The van der Waals surface area contributed by atoms with E-state index in [4.69, 9.17) is 42.6 Å². The Morgan fingerprint density at radius 1 is 0.697 bits per heavy atom. The zero-order valence-corrected chi connectivity index (χ0v) is 34.9. The molecule has 3 saturated heterocycles. The SMILES string of the molecule is COc1cc(C2[OH+]c3cc(O)cc(O[C@@H]4O[C@@H](CO)[C@H](O)[C@H](O)[C@H]4O)c3C=C2O[C@@H]2O[C@H](CO[C@@H]3O[C@H](C)[C@H](OC(=O)/C=C/c4ccc(O)c(O)c4)[C@H](O)[C@H]3O)[C@H](O)[C@H](O)[C@@H]2O)ccc1O. The third-order valence-electron chi connectivity index (χ3n) is 11.3. The minimum atomic E-state index is -1.94. The van der Waals surface area contributed by atoms with Gasteiger partial charge in [0.15, 0.2) is 41.2 Å². The van der Waals surface area contributed by atoms with E-state index in [1.54, 1.807) is 0 Å². The van der Waals surface area contributed by atoms with Gasteiger partial charge in [-0.15, -0.1) is 0 Å². The number of hydrogen-bond donors (Lipinski definition) is 13. The van der Waals surface area contributed by atoms with Crippen LogP contribution in [0.15, 0.2) is 60.4 Å². The number of phenolic OH excluding ortho intramolecular Hbond substituents is 4. The number of ether oxygens (including phenoxy) is 9. The molecule has 360 valence electrons. The van der Waals surface area contributed by atoms with Crippen LogP contribution in [0.5, 0.6) is 40.2 Å². The lowest BCUT2D eigenvalue weighted by Gasteiger charge is -2.43. The monoisotopic (exact) mass is 935 g/mol. The van der Waals surface area contributed by atoms with E-state index in [0.717, 1.165) is 12.1 Å². The summed E-state index contributed by atoms with van der Waals surface area (Å²) in [7, 11) is 1.31. The number of hydrogen-bond acceptors (Lipinski definition) is 22. The summed E-state index contributed by atoms with van der Waals surface area (Å²) in [6.07, 6.45) is -22.7. The topological polar surface area (TPSA) is 367 Å². The zero-order valence-electron chi connectivity index (χ0n) is 34.9. The summed E-state index contributed by atoms with van der Waals surface area (Å²) in [6, 6.07) is 10.4. The highest BCUT2D eigenvalue weighted by molar-refractivity contribution is 5.87. The predicted molar refractivity (Wildman–Crippen MR) is 218 cm³/mol. The molecule has 23 heteroatoms. The van der Waals surface area contributed by atoms with Crippen LogP contribution in [-0.2, 0) is 33.2 Å². The highest BCUT2D eigenvalue weighted by Gasteiger charge is 2.50. The molecule has 16 atom stereocenters. The second-order valence-electron chi connectivity index (χ2n) is 15.8. The average molecular weight is 936 g/mol. The van der Waals surface area contributed by atoms with E-state index in [9.17, 15) is 71.2 Å². The van der Waals surface area contributed by atoms with Gasteiger partial charge in [0.05, 0.1) is 38.1 Å². The number of carbonyl (C=O) groups is 1. The van der Waals surface area contributed by atoms with Crippen LogP contribution in [0.3, 0.4) is 0 Å². The van der Waals surface area contributed by atoms with Gasteiger partial charge in [0.2, 0.25) is 12.6 Å². The van der Waals surface area contributed by atoms with Crippen LogP contribution in [-0.4, -0.2) is 190 Å². The molecule has 0 radical (unpaired) electrons. The quantitative estimate of drug-likeness (QED) is 0.0380. The van der Waals surface area contributed by atoms with E-state index in [2.05, 4.69) is 0 Å². The maximum atomic E-state index is 12.6. The molecule has 0 spiro atoms. The molecule has 1 unspecified atom stereocenters. The number of phenols is 4. The summed E-state index contributed by atoms with van der Waals surface area (Å²) < 4.78 is 50.2. The summed E-state index contributed by atoms with van der Waals surface area (Å²) in [5.41, 5.74) is 0.729. The maximum Gasteiger partial charge on any atom is 0.331 e. The van der Waals surface area contributed by atoms with Crippen LogP contribution in [0.4, 0.5) is 0 Å². The molecule has 0 amide bonds. The van der Waals surface area contributed by atoms with E-state index in [1.165, 1.54) is 68.7 Å². The molecule has 4 aliphatic rings. The molecule has 23 nitrogen and oxygen atoms in total. The van der Waals surface area contributed by atoms with Crippen molar-refractivity contribution in [2.75, 3.05) is 20.3 Å². The second-order valence-corrected chi connectivity index (χ2v) is 15.8. The van der Waals surface area contributed by atoms with Crippen molar-refractivity contribution in [2.24, 2.45) is 0 Å². The minimum absolute atomic E-state index is 0.0282. The Balaban J connectivity index is 1.09. The van der Waals surface area contributed by atoms with E-state index in [1.807, 2.05) is 0 Å². The molecule has 4 aliphatic heterocycles. The van der Waals surface area contributed by atoms with Crippen LogP contribution < -0.4 is 9.47 Å². The van der Waals surface area contributed by atoms with Crippen molar-refractivity contribution in [1.82, 2.24) is 0 Å².